The molecule has 0 bridgehead atoms. The Hall–Kier alpha value is -2.93. The highest BCUT2D eigenvalue weighted by Crippen LogP contribution is 2.25. The van der Waals surface area contributed by atoms with Gasteiger partial charge in [-0.1, -0.05) is 12.1 Å². The Morgan fingerprint density at radius 2 is 2.14 bits per heavy atom. The molecule has 0 unspecified atom stereocenters. The lowest BCUT2D eigenvalue weighted by molar-refractivity contribution is -0.119. The van der Waals surface area contributed by atoms with Gasteiger partial charge in [0.2, 0.25) is 5.91 Å². The van der Waals surface area contributed by atoms with Gasteiger partial charge in [0.15, 0.2) is 0 Å². The van der Waals surface area contributed by atoms with E-state index in [0.717, 1.165) is 22.6 Å². The molecule has 0 spiro atoms. The number of carbonyl (C=O) groups excluding carboxylic acids is 2. The molecule has 1 N–H and O–H groups in total. The molecule has 7 nitrogen and oxygen atoms in total. The van der Waals surface area contributed by atoms with Crippen LogP contribution in [0.1, 0.15) is 36.1 Å². The number of hydrogen-bond acceptors (Lipinski definition) is 5. The first-order valence-electron chi connectivity index (χ1n) is 9.40. The molecule has 2 amide bonds. The maximum absolute atomic E-state index is 12.4. The number of amides is 2. The molecule has 1 aliphatic heterocycles. The summed E-state index contributed by atoms with van der Waals surface area (Å²) in [6.45, 7) is 5.30. The van der Waals surface area contributed by atoms with Crippen LogP contribution < -0.4 is 10.3 Å². The molecule has 0 saturated carbocycles. The van der Waals surface area contributed by atoms with Crippen molar-refractivity contribution >= 4 is 23.2 Å². The van der Waals surface area contributed by atoms with Crippen LogP contribution in [-0.2, 0) is 20.9 Å². The van der Waals surface area contributed by atoms with Gasteiger partial charge in [0, 0.05) is 26.0 Å². The third-order valence-electron chi connectivity index (χ3n) is 4.46. The smallest absolute Gasteiger partial charge is 0.267 e. The minimum absolute atomic E-state index is 0.100. The lowest BCUT2D eigenvalue weighted by atomic mass is 10.1. The van der Waals surface area contributed by atoms with E-state index in [-0.39, 0.29) is 18.2 Å². The van der Waals surface area contributed by atoms with Crippen LogP contribution in [0.15, 0.2) is 46.1 Å². The molecule has 1 aromatic heterocycles. The van der Waals surface area contributed by atoms with E-state index in [4.69, 9.17) is 9.15 Å². The van der Waals surface area contributed by atoms with Crippen molar-refractivity contribution < 1.29 is 18.7 Å². The lowest BCUT2D eigenvalue weighted by Crippen LogP contribution is -2.39. The lowest BCUT2D eigenvalue weighted by Gasteiger charge is -2.24. The number of furan rings is 1. The highest BCUT2D eigenvalue weighted by atomic mass is 16.5. The van der Waals surface area contributed by atoms with Crippen molar-refractivity contribution in [3.63, 3.8) is 0 Å². The van der Waals surface area contributed by atoms with E-state index in [1.54, 1.807) is 6.26 Å². The fourth-order valence-electron chi connectivity index (χ4n) is 2.90. The number of anilines is 1. The van der Waals surface area contributed by atoms with Gasteiger partial charge >= 0.3 is 0 Å². The average molecular weight is 383 g/mol. The zero-order chi connectivity index (χ0) is 19.9. The molecule has 2 aromatic rings. The number of nitrogens with zero attached hydrogens (tertiary/aromatic N) is 2. The van der Waals surface area contributed by atoms with Crippen molar-refractivity contribution in [2.24, 2.45) is 5.10 Å². The molecule has 1 aromatic carbocycles. The van der Waals surface area contributed by atoms with Crippen LogP contribution in [0.3, 0.4) is 0 Å². The molecule has 1 aliphatic rings. The van der Waals surface area contributed by atoms with Crippen molar-refractivity contribution in [3.8, 4) is 0 Å². The maximum atomic E-state index is 12.4. The van der Waals surface area contributed by atoms with Crippen molar-refractivity contribution in [1.82, 2.24) is 5.32 Å². The third kappa shape index (κ3) is 5.07. The summed E-state index contributed by atoms with van der Waals surface area (Å²) in [5.41, 5.74) is 3.08. The molecular formula is C21H25N3O4. The van der Waals surface area contributed by atoms with E-state index in [1.165, 1.54) is 5.01 Å². The first kappa shape index (κ1) is 19.8. The summed E-state index contributed by atoms with van der Waals surface area (Å²) in [6, 6.07) is 9.51. The molecule has 0 atom stereocenters. The van der Waals surface area contributed by atoms with Crippen LogP contribution >= 0.6 is 0 Å². The SMILES string of the molecule is Cc1ccc(C)c(N2N=C(C(=O)NCCCOCc3ccco3)CCC2=O)c1. The van der Waals surface area contributed by atoms with Crippen LogP contribution in [0.25, 0.3) is 0 Å². The monoisotopic (exact) mass is 383 g/mol. The first-order chi connectivity index (χ1) is 13.5. The van der Waals surface area contributed by atoms with E-state index < -0.39 is 0 Å². The van der Waals surface area contributed by atoms with E-state index in [0.29, 0.717) is 38.3 Å². The fourth-order valence-corrected chi connectivity index (χ4v) is 2.90. The molecule has 28 heavy (non-hydrogen) atoms. The molecule has 148 valence electrons. The highest BCUT2D eigenvalue weighted by molar-refractivity contribution is 6.40. The second-order valence-corrected chi connectivity index (χ2v) is 6.78. The number of ether oxygens (including phenoxy) is 1. The van der Waals surface area contributed by atoms with Gasteiger partial charge in [-0.2, -0.15) is 5.10 Å². The molecule has 0 saturated heterocycles. The largest absolute Gasteiger partial charge is 0.467 e. The molecular weight excluding hydrogens is 358 g/mol. The van der Waals surface area contributed by atoms with Crippen molar-refractivity contribution in [3.05, 3.63) is 53.5 Å². The van der Waals surface area contributed by atoms with Gasteiger partial charge in [0.25, 0.3) is 5.91 Å². The topological polar surface area (TPSA) is 84.1 Å². The predicted molar refractivity (Wildman–Crippen MR) is 106 cm³/mol. The molecule has 7 heteroatoms. The summed E-state index contributed by atoms with van der Waals surface area (Å²) in [7, 11) is 0. The fraction of sp³-hybridized carbons (Fsp3) is 0.381. The van der Waals surface area contributed by atoms with Gasteiger partial charge in [-0.05, 0) is 49.6 Å². The standard InChI is InChI=1S/C21H25N3O4/c1-15-6-7-16(2)19(13-15)24-20(25)9-8-18(23-24)21(26)22-10-4-11-27-14-17-5-3-12-28-17/h3,5-7,12-13H,4,8-11,14H2,1-2H3,(H,22,26). The van der Waals surface area contributed by atoms with Gasteiger partial charge in [0.1, 0.15) is 18.1 Å². The van der Waals surface area contributed by atoms with Crippen molar-refractivity contribution in [1.29, 1.82) is 0 Å². The van der Waals surface area contributed by atoms with Gasteiger partial charge < -0.3 is 14.5 Å². The molecule has 0 radical (unpaired) electrons. The Morgan fingerprint density at radius 3 is 2.93 bits per heavy atom. The minimum Gasteiger partial charge on any atom is -0.467 e. The summed E-state index contributed by atoms with van der Waals surface area (Å²) < 4.78 is 10.7. The summed E-state index contributed by atoms with van der Waals surface area (Å²) in [6.07, 6.45) is 2.91. The Labute approximate surface area is 164 Å². The van der Waals surface area contributed by atoms with Crippen LogP contribution in [0.4, 0.5) is 5.69 Å². The number of aryl methyl sites for hydroxylation is 2. The summed E-state index contributed by atoms with van der Waals surface area (Å²) in [5.74, 6) is 0.433. The Bertz CT molecular complexity index is 859. The van der Waals surface area contributed by atoms with Crippen molar-refractivity contribution in [2.75, 3.05) is 18.2 Å². The van der Waals surface area contributed by atoms with Crippen LogP contribution in [0.2, 0.25) is 0 Å². The van der Waals surface area contributed by atoms with Gasteiger partial charge in [-0.15, -0.1) is 0 Å². The van der Waals surface area contributed by atoms with Crippen LogP contribution in [0, 0.1) is 13.8 Å². The molecule has 0 aliphatic carbocycles. The van der Waals surface area contributed by atoms with E-state index in [9.17, 15) is 9.59 Å². The summed E-state index contributed by atoms with van der Waals surface area (Å²) in [5, 5.41) is 8.53. The zero-order valence-electron chi connectivity index (χ0n) is 16.2. The van der Waals surface area contributed by atoms with E-state index in [2.05, 4.69) is 10.4 Å². The Kier molecular flexibility index (Phi) is 6.60. The molecule has 2 heterocycles. The number of hydrogen-bond donors (Lipinski definition) is 1. The first-order valence-corrected chi connectivity index (χ1v) is 9.40. The van der Waals surface area contributed by atoms with E-state index >= 15 is 0 Å². The summed E-state index contributed by atoms with van der Waals surface area (Å²) in [4.78, 5) is 24.7. The Morgan fingerprint density at radius 1 is 1.29 bits per heavy atom. The molecule has 0 fully saturated rings. The van der Waals surface area contributed by atoms with E-state index in [1.807, 2.05) is 44.2 Å². The Balaban J connectivity index is 1.51. The average Bonchev–Trinajstić information content (AvgIpc) is 3.20. The van der Waals surface area contributed by atoms with Gasteiger partial charge in [-0.3, -0.25) is 9.59 Å². The van der Waals surface area contributed by atoms with Gasteiger partial charge in [0.05, 0.1) is 12.0 Å². The minimum atomic E-state index is -0.242. The zero-order valence-corrected chi connectivity index (χ0v) is 16.2. The van der Waals surface area contributed by atoms with Crippen molar-refractivity contribution in [2.45, 2.75) is 39.7 Å². The number of rotatable bonds is 8. The third-order valence-corrected chi connectivity index (χ3v) is 4.46. The maximum Gasteiger partial charge on any atom is 0.267 e. The second-order valence-electron chi connectivity index (χ2n) is 6.78. The number of benzene rings is 1. The normalized spacial score (nSPS) is 14.1. The number of carbonyl (C=O) groups is 2. The number of hydrazone groups is 1. The number of nitrogens with one attached hydrogen (secondary N) is 1. The summed E-state index contributed by atoms with van der Waals surface area (Å²) >= 11 is 0. The second kappa shape index (κ2) is 9.32. The highest BCUT2D eigenvalue weighted by Gasteiger charge is 2.26. The van der Waals surface area contributed by atoms with Gasteiger partial charge in [-0.25, -0.2) is 5.01 Å². The van der Waals surface area contributed by atoms with Crippen LogP contribution in [0.5, 0.6) is 0 Å². The molecule has 3 rings (SSSR count). The predicted octanol–water partition coefficient (Wildman–Crippen LogP) is 3.10. The quantitative estimate of drug-likeness (QED) is 0.710. The van der Waals surface area contributed by atoms with Crippen LogP contribution in [-0.4, -0.2) is 30.7 Å².